The number of anilines is 2. The van der Waals surface area contributed by atoms with Crippen molar-refractivity contribution in [3.63, 3.8) is 0 Å². The highest BCUT2D eigenvalue weighted by Crippen LogP contribution is 2.36. The summed E-state index contributed by atoms with van der Waals surface area (Å²) in [6.07, 6.45) is 3.55. The quantitative estimate of drug-likeness (QED) is 0.111. The third-order valence-corrected chi connectivity index (χ3v) is 6.46. The molecule has 0 amide bonds. The van der Waals surface area contributed by atoms with Crippen molar-refractivity contribution < 1.29 is 37.5 Å². The van der Waals surface area contributed by atoms with Crippen LogP contribution in [0.25, 0.3) is 10.9 Å². The molecule has 0 saturated heterocycles. The summed E-state index contributed by atoms with van der Waals surface area (Å²) in [5, 5.41) is 3.85. The van der Waals surface area contributed by atoms with Gasteiger partial charge in [-0.25, -0.2) is 18.9 Å². The Hall–Kier alpha value is -4.00. The summed E-state index contributed by atoms with van der Waals surface area (Å²) < 4.78 is 40.2. The molecule has 0 saturated carbocycles. The standard InChI is InChI=1S/C27H29FN5O7P/c1-33(10-12-40-41(35,36)37)9-4-11-39-25-15-23-21(14-24(25)38-2)27(31-17-30-23)32-20-7-8-22(29-16-20)26(34)18-5-3-6-19(28)13-18/h3,5-8,13-17H,4,9-12H2,1-2H3,(H,30,31,32)(H2,35,36,37). The number of nitrogens with one attached hydrogen (secondary N) is 1. The predicted molar refractivity (Wildman–Crippen MR) is 149 cm³/mol. The fourth-order valence-electron chi connectivity index (χ4n) is 3.90. The molecule has 2 heterocycles. The number of phosphoric acid groups is 1. The van der Waals surface area contributed by atoms with Crippen molar-refractivity contribution in [3.05, 3.63) is 78.1 Å². The van der Waals surface area contributed by atoms with Crippen molar-refractivity contribution >= 4 is 36.0 Å². The minimum absolute atomic E-state index is 0.0799. The predicted octanol–water partition coefficient (Wildman–Crippen LogP) is 3.96. The number of halogens is 1. The van der Waals surface area contributed by atoms with E-state index in [0.717, 1.165) is 0 Å². The molecule has 0 spiro atoms. The molecule has 0 aliphatic rings. The number of ketones is 1. The zero-order valence-electron chi connectivity index (χ0n) is 22.4. The van der Waals surface area contributed by atoms with E-state index in [1.54, 1.807) is 24.3 Å². The Morgan fingerprint density at radius 2 is 1.88 bits per heavy atom. The second kappa shape index (κ2) is 13.6. The highest BCUT2D eigenvalue weighted by atomic mass is 31.2. The van der Waals surface area contributed by atoms with Gasteiger partial charge in [0.25, 0.3) is 0 Å². The number of phosphoric ester groups is 1. The first-order chi connectivity index (χ1) is 19.6. The smallest absolute Gasteiger partial charge is 0.469 e. The summed E-state index contributed by atoms with van der Waals surface area (Å²) in [5.41, 5.74) is 1.58. The SMILES string of the molecule is COc1cc2c(Nc3ccc(C(=O)c4cccc(F)c4)nc3)ncnc2cc1OCCCN(C)CCOP(=O)(O)O. The van der Waals surface area contributed by atoms with E-state index in [-0.39, 0.29) is 23.6 Å². The van der Waals surface area contributed by atoms with Crippen LogP contribution in [0.1, 0.15) is 22.5 Å². The van der Waals surface area contributed by atoms with Crippen LogP contribution >= 0.6 is 7.82 Å². The van der Waals surface area contributed by atoms with Gasteiger partial charge in [0.15, 0.2) is 11.5 Å². The van der Waals surface area contributed by atoms with Crippen LogP contribution in [0.15, 0.2) is 61.1 Å². The number of fused-ring (bicyclic) bond motifs is 1. The van der Waals surface area contributed by atoms with E-state index in [4.69, 9.17) is 19.3 Å². The molecule has 0 atom stereocenters. The molecular weight excluding hydrogens is 556 g/mol. The number of pyridine rings is 1. The fourth-order valence-corrected chi connectivity index (χ4v) is 4.22. The molecule has 0 radical (unpaired) electrons. The Morgan fingerprint density at radius 1 is 1.05 bits per heavy atom. The number of hydrogen-bond donors (Lipinski definition) is 3. The normalized spacial score (nSPS) is 11.6. The number of nitrogens with zero attached hydrogens (tertiary/aromatic N) is 4. The van der Waals surface area contributed by atoms with Crippen LogP contribution in [0.4, 0.5) is 15.9 Å². The summed E-state index contributed by atoms with van der Waals surface area (Å²) >= 11 is 0. The number of aromatic nitrogens is 3. The van der Waals surface area contributed by atoms with E-state index in [9.17, 15) is 13.8 Å². The lowest BCUT2D eigenvalue weighted by molar-refractivity contribution is 0.103. The van der Waals surface area contributed by atoms with Gasteiger partial charge in [-0.2, -0.15) is 0 Å². The van der Waals surface area contributed by atoms with E-state index in [0.29, 0.717) is 60.0 Å². The molecule has 216 valence electrons. The van der Waals surface area contributed by atoms with Crippen molar-refractivity contribution in [2.24, 2.45) is 0 Å². The maximum absolute atomic E-state index is 13.5. The molecular formula is C27H29FN5O7P. The molecule has 14 heteroatoms. The number of carbonyl (C=O) groups excluding carboxylic acids is 1. The van der Waals surface area contributed by atoms with Crippen LogP contribution in [0.2, 0.25) is 0 Å². The third kappa shape index (κ3) is 8.49. The van der Waals surface area contributed by atoms with Crippen molar-refractivity contribution in [2.75, 3.05) is 45.8 Å². The maximum atomic E-state index is 13.5. The largest absolute Gasteiger partial charge is 0.493 e. The molecule has 3 N–H and O–H groups in total. The average molecular weight is 586 g/mol. The molecule has 4 aromatic rings. The van der Waals surface area contributed by atoms with Crippen LogP contribution < -0.4 is 14.8 Å². The molecule has 0 aliphatic heterocycles. The van der Waals surface area contributed by atoms with Crippen LogP contribution in [0, 0.1) is 5.82 Å². The highest BCUT2D eigenvalue weighted by Gasteiger charge is 2.15. The molecule has 0 unspecified atom stereocenters. The van der Waals surface area contributed by atoms with Crippen molar-refractivity contribution in [3.8, 4) is 11.5 Å². The van der Waals surface area contributed by atoms with Crippen molar-refractivity contribution in [1.29, 1.82) is 0 Å². The molecule has 0 aliphatic carbocycles. The summed E-state index contributed by atoms with van der Waals surface area (Å²) in [4.78, 5) is 44.9. The van der Waals surface area contributed by atoms with Gasteiger partial charge in [0.2, 0.25) is 5.78 Å². The van der Waals surface area contributed by atoms with E-state index >= 15 is 0 Å². The Morgan fingerprint density at radius 3 is 2.59 bits per heavy atom. The second-order valence-corrected chi connectivity index (χ2v) is 10.2. The van der Waals surface area contributed by atoms with Gasteiger partial charge in [-0.05, 0) is 43.8 Å². The number of ether oxygens (including phenoxy) is 2. The molecule has 41 heavy (non-hydrogen) atoms. The van der Waals surface area contributed by atoms with Crippen LogP contribution in [0.3, 0.4) is 0 Å². The first-order valence-electron chi connectivity index (χ1n) is 12.5. The average Bonchev–Trinajstić information content (AvgIpc) is 2.94. The van der Waals surface area contributed by atoms with Gasteiger partial charge < -0.3 is 29.5 Å². The zero-order valence-corrected chi connectivity index (χ0v) is 23.3. The van der Waals surface area contributed by atoms with Gasteiger partial charge in [-0.3, -0.25) is 14.3 Å². The topological polar surface area (TPSA) is 156 Å². The van der Waals surface area contributed by atoms with Gasteiger partial charge in [-0.1, -0.05) is 12.1 Å². The molecule has 4 rings (SSSR count). The van der Waals surface area contributed by atoms with E-state index in [1.165, 1.54) is 43.9 Å². The Balaban J connectivity index is 1.39. The van der Waals surface area contributed by atoms with Crippen LogP contribution in [0.5, 0.6) is 11.5 Å². The van der Waals surface area contributed by atoms with Crippen LogP contribution in [-0.4, -0.2) is 75.9 Å². The fraction of sp³-hybridized carbons (Fsp3) is 0.259. The van der Waals surface area contributed by atoms with Gasteiger partial charge >= 0.3 is 7.82 Å². The number of likely N-dealkylation sites (N-methyl/N-ethyl adjacent to an activating group) is 1. The summed E-state index contributed by atoms with van der Waals surface area (Å²) in [6.45, 7) is 1.27. The molecule has 0 fully saturated rings. The highest BCUT2D eigenvalue weighted by molar-refractivity contribution is 7.46. The summed E-state index contributed by atoms with van der Waals surface area (Å²) in [7, 11) is -1.13. The van der Waals surface area contributed by atoms with Gasteiger partial charge in [0, 0.05) is 30.1 Å². The number of benzene rings is 2. The minimum Gasteiger partial charge on any atom is -0.493 e. The van der Waals surface area contributed by atoms with E-state index in [2.05, 4.69) is 24.8 Å². The first kappa shape index (κ1) is 30.0. The first-order valence-corrected chi connectivity index (χ1v) is 14.0. The number of carbonyl (C=O) groups is 1. The molecule has 2 aromatic heterocycles. The van der Waals surface area contributed by atoms with Crippen molar-refractivity contribution in [2.45, 2.75) is 6.42 Å². The summed E-state index contributed by atoms with van der Waals surface area (Å²) in [5.74, 6) is 0.587. The lowest BCUT2D eigenvalue weighted by Crippen LogP contribution is -2.25. The molecule has 2 aromatic carbocycles. The Labute approximate surface area is 235 Å². The van der Waals surface area contributed by atoms with Gasteiger partial charge in [-0.15, -0.1) is 0 Å². The Bertz CT molecular complexity index is 1550. The zero-order chi connectivity index (χ0) is 29.4. The lowest BCUT2D eigenvalue weighted by atomic mass is 10.1. The number of methoxy groups -OCH3 is 1. The molecule has 0 bridgehead atoms. The molecule has 12 nitrogen and oxygen atoms in total. The van der Waals surface area contributed by atoms with Crippen molar-refractivity contribution in [1.82, 2.24) is 19.9 Å². The third-order valence-electron chi connectivity index (χ3n) is 5.94. The van der Waals surface area contributed by atoms with E-state index < -0.39 is 13.6 Å². The van der Waals surface area contributed by atoms with Gasteiger partial charge in [0.05, 0.1) is 37.7 Å². The number of hydrogen-bond acceptors (Lipinski definition) is 10. The Kier molecular flexibility index (Phi) is 9.92. The minimum atomic E-state index is -4.47. The van der Waals surface area contributed by atoms with E-state index in [1.807, 2.05) is 11.9 Å². The second-order valence-electron chi connectivity index (χ2n) is 8.97. The summed E-state index contributed by atoms with van der Waals surface area (Å²) in [6, 6.07) is 12.2. The monoisotopic (exact) mass is 585 g/mol. The number of rotatable bonds is 14. The maximum Gasteiger partial charge on any atom is 0.469 e. The van der Waals surface area contributed by atoms with Crippen LogP contribution in [-0.2, 0) is 9.09 Å². The lowest BCUT2D eigenvalue weighted by Gasteiger charge is -2.17. The van der Waals surface area contributed by atoms with Gasteiger partial charge in [0.1, 0.15) is 23.7 Å².